The van der Waals surface area contributed by atoms with Crippen molar-refractivity contribution in [1.82, 2.24) is 4.98 Å². The highest BCUT2D eigenvalue weighted by atomic mass is 16.5. The summed E-state index contributed by atoms with van der Waals surface area (Å²) in [5, 5.41) is 7.39. The van der Waals surface area contributed by atoms with Gasteiger partial charge in [-0.15, -0.1) is 0 Å². The van der Waals surface area contributed by atoms with E-state index >= 15 is 0 Å². The van der Waals surface area contributed by atoms with Crippen LogP contribution in [0.4, 0.5) is 0 Å². The number of nitrogens with one attached hydrogen (secondary N) is 1. The summed E-state index contributed by atoms with van der Waals surface area (Å²) < 4.78 is 5.71. The Morgan fingerprint density at radius 1 is 1.19 bits per heavy atom. The summed E-state index contributed by atoms with van der Waals surface area (Å²) >= 11 is 0. The Labute approximate surface area is 125 Å². The molecule has 2 rings (SSSR count). The molecule has 0 aliphatic rings. The summed E-state index contributed by atoms with van der Waals surface area (Å²) in [7, 11) is 0. The van der Waals surface area contributed by atoms with Gasteiger partial charge in [-0.2, -0.15) is 0 Å². The largest absolute Gasteiger partial charge is 0.439 e. The third kappa shape index (κ3) is 3.60. The number of amidine groups is 1. The van der Waals surface area contributed by atoms with Gasteiger partial charge in [-0.3, -0.25) is 5.41 Å². The number of hydrogen-bond donors (Lipinski definition) is 2. The van der Waals surface area contributed by atoms with E-state index < -0.39 is 0 Å². The molecule has 2 aromatic rings. The number of hydrogen-bond acceptors (Lipinski definition) is 3. The van der Waals surface area contributed by atoms with E-state index in [1.54, 1.807) is 18.2 Å². The van der Waals surface area contributed by atoms with Crippen LogP contribution in [0.5, 0.6) is 11.6 Å². The normalized spacial score (nSPS) is 11.2. The number of rotatable bonds is 5. The second kappa shape index (κ2) is 5.95. The second-order valence-electron chi connectivity index (χ2n) is 5.64. The first kappa shape index (κ1) is 15.0. The number of pyridine rings is 1. The van der Waals surface area contributed by atoms with Crippen LogP contribution in [0.2, 0.25) is 0 Å². The minimum absolute atomic E-state index is 0.0690. The van der Waals surface area contributed by atoms with E-state index in [1.165, 1.54) is 5.56 Å². The van der Waals surface area contributed by atoms with Gasteiger partial charge in [0.15, 0.2) is 0 Å². The number of benzene rings is 1. The molecule has 1 aromatic carbocycles. The van der Waals surface area contributed by atoms with E-state index in [0.29, 0.717) is 11.6 Å². The summed E-state index contributed by atoms with van der Waals surface area (Å²) in [5.74, 6) is 1.09. The fourth-order valence-corrected chi connectivity index (χ4v) is 1.92. The molecule has 0 atom stereocenters. The van der Waals surface area contributed by atoms with Gasteiger partial charge in [-0.25, -0.2) is 4.98 Å². The number of aromatic nitrogens is 1. The maximum atomic E-state index is 7.39. The minimum atomic E-state index is -0.0690. The Hall–Kier alpha value is -2.36. The zero-order valence-corrected chi connectivity index (χ0v) is 12.7. The van der Waals surface area contributed by atoms with Crippen LogP contribution in [-0.4, -0.2) is 10.8 Å². The Balaban J connectivity index is 2.17. The molecular formula is C17H21N3O. The summed E-state index contributed by atoms with van der Waals surface area (Å²) in [6.45, 7) is 6.63. The molecule has 0 aliphatic heterocycles. The van der Waals surface area contributed by atoms with Crippen molar-refractivity contribution < 1.29 is 4.74 Å². The molecule has 3 N–H and O–H groups in total. The molecule has 4 nitrogen and oxygen atoms in total. The topological polar surface area (TPSA) is 72.0 Å². The molecule has 1 aromatic heterocycles. The fourth-order valence-electron chi connectivity index (χ4n) is 1.92. The van der Waals surface area contributed by atoms with E-state index in [-0.39, 0.29) is 11.3 Å². The van der Waals surface area contributed by atoms with Crippen LogP contribution in [0.3, 0.4) is 0 Å². The molecule has 110 valence electrons. The maximum absolute atomic E-state index is 7.39. The van der Waals surface area contributed by atoms with Gasteiger partial charge < -0.3 is 10.5 Å². The zero-order chi connectivity index (χ0) is 15.5. The number of nitrogen functional groups attached to an aromatic ring is 1. The molecule has 0 saturated heterocycles. The lowest BCUT2D eigenvalue weighted by atomic mass is 9.82. The highest BCUT2D eigenvalue weighted by molar-refractivity contribution is 5.93. The molecule has 0 spiro atoms. The van der Waals surface area contributed by atoms with Gasteiger partial charge in [0.1, 0.15) is 17.3 Å². The Kier molecular flexibility index (Phi) is 4.26. The van der Waals surface area contributed by atoms with Crippen molar-refractivity contribution in [1.29, 1.82) is 5.41 Å². The van der Waals surface area contributed by atoms with E-state index in [2.05, 4.69) is 37.9 Å². The highest BCUT2D eigenvalue weighted by Gasteiger charge is 2.17. The van der Waals surface area contributed by atoms with Crippen molar-refractivity contribution in [2.75, 3.05) is 0 Å². The molecule has 0 saturated carbocycles. The van der Waals surface area contributed by atoms with Gasteiger partial charge in [0.05, 0.1) is 0 Å². The van der Waals surface area contributed by atoms with Gasteiger partial charge in [-0.05, 0) is 35.6 Å². The van der Waals surface area contributed by atoms with Gasteiger partial charge in [0.2, 0.25) is 5.88 Å². The predicted octanol–water partition coefficient (Wildman–Crippen LogP) is 3.85. The van der Waals surface area contributed by atoms with Crippen LogP contribution in [0, 0.1) is 5.41 Å². The van der Waals surface area contributed by atoms with E-state index in [1.807, 2.05) is 12.1 Å². The van der Waals surface area contributed by atoms with Crippen molar-refractivity contribution in [2.24, 2.45) is 5.73 Å². The number of nitrogens with two attached hydrogens (primary N) is 1. The monoisotopic (exact) mass is 283 g/mol. The zero-order valence-electron chi connectivity index (χ0n) is 12.7. The van der Waals surface area contributed by atoms with Crippen LogP contribution in [0.1, 0.15) is 38.4 Å². The lowest BCUT2D eigenvalue weighted by molar-refractivity contribution is 0.460. The standard InChI is InChI=1S/C17H21N3O/c1-4-17(2,3)12-8-10-13(11-9-12)21-15-7-5-6-14(20-15)16(18)19/h5-11H,4H2,1-3H3,(H3,18,19). The summed E-state index contributed by atoms with van der Waals surface area (Å²) in [5.41, 5.74) is 7.28. The second-order valence-corrected chi connectivity index (χ2v) is 5.64. The van der Waals surface area contributed by atoms with Crippen LogP contribution in [0.15, 0.2) is 42.5 Å². The van der Waals surface area contributed by atoms with Crippen molar-refractivity contribution in [3.8, 4) is 11.6 Å². The molecule has 1 heterocycles. The third-order valence-corrected chi connectivity index (χ3v) is 3.74. The molecule has 0 amide bonds. The summed E-state index contributed by atoms with van der Waals surface area (Å²) in [4.78, 5) is 4.18. The summed E-state index contributed by atoms with van der Waals surface area (Å²) in [6.07, 6.45) is 1.08. The first-order valence-corrected chi connectivity index (χ1v) is 7.02. The fraction of sp³-hybridized carbons (Fsp3) is 0.294. The molecule has 0 unspecified atom stereocenters. The van der Waals surface area contributed by atoms with Gasteiger partial charge in [-0.1, -0.05) is 39.0 Å². The molecule has 0 aliphatic carbocycles. The molecule has 0 bridgehead atoms. The molecule has 4 heteroatoms. The molecule has 0 fully saturated rings. The van der Waals surface area contributed by atoms with Crippen LogP contribution in [-0.2, 0) is 5.41 Å². The van der Waals surface area contributed by atoms with Crippen molar-refractivity contribution >= 4 is 5.84 Å². The highest BCUT2D eigenvalue weighted by Crippen LogP contribution is 2.29. The molecular weight excluding hydrogens is 262 g/mol. The molecule has 0 radical (unpaired) electrons. The van der Waals surface area contributed by atoms with Crippen molar-refractivity contribution in [3.05, 3.63) is 53.7 Å². The van der Waals surface area contributed by atoms with Gasteiger partial charge in [0, 0.05) is 6.07 Å². The van der Waals surface area contributed by atoms with E-state index in [0.717, 1.165) is 12.2 Å². The lowest BCUT2D eigenvalue weighted by Gasteiger charge is -2.23. The SMILES string of the molecule is CCC(C)(C)c1ccc(Oc2cccc(C(=N)N)n2)cc1. The smallest absolute Gasteiger partial charge is 0.219 e. The molecule has 21 heavy (non-hydrogen) atoms. The first-order valence-electron chi connectivity index (χ1n) is 7.02. The van der Waals surface area contributed by atoms with E-state index in [9.17, 15) is 0 Å². The summed E-state index contributed by atoms with van der Waals surface area (Å²) in [6, 6.07) is 13.2. The number of ether oxygens (including phenoxy) is 1. The van der Waals surface area contributed by atoms with Gasteiger partial charge >= 0.3 is 0 Å². The van der Waals surface area contributed by atoms with Crippen LogP contribution < -0.4 is 10.5 Å². The third-order valence-electron chi connectivity index (χ3n) is 3.74. The number of nitrogens with zero attached hydrogens (tertiary/aromatic N) is 1. The first-order chi connectivity index (χ1) is 9.92. The van der Waals surface area contributed by atoms with Crippen molar-refractivity contribution in [2.45, 2.75) is 32.6 Å². The van der Waals surface area contributed by atoms with Crippen molar-refractivity contribution in [3.63, 3.8) is 0 Å². The van der Waals surface area contributed by atoms with Crippen LogP contribution in [0.25, 0.3) is 0 Å². The average Bonchev–Trinajstić information content (AvgIpc) is 2.48. The Morgan fingerprint density at radius 2 is 1.86 bits per heavy atom. The Bertz CT molecular complexity index is 633. The Morgan fingerprint density at radius 3 is 2.43 bits per heavy atom. The van der Waals surface area contributed by atoms with Gasteiger partial charge in [0.25, 0.3) is 0 Å². The average molecular weight is 283 g/mol. The lowest BCUT2D eigenvalue weighted by Crippen LogP contribution is -2.15. The maximum Gasteiger partial charge on any atom is 0.219 e. The predicted molar refractivity (Wildman–Crippen MR) is 85.1 cm³/mol. The van der Waals surface area contributed by atoms with E-state index in [4.69, 9.17) is 15.9 Å². The quantitative estimate of drug-likeness (QED) is 0.646. The minimum Gasteiger partial charge on any atom is -0.439 e. The van der Waals surface area contributed by atoms with Crippen LogP contribution >= 0.6 is 0 Å².